The number of nitrogens with one attached hydrogen (secondary N) is 1. The Morgan fingerprint density at radius 2 is 1.85 bits per heavy atom. The molecule has 26 heavy (non-hydrogen) atoms. The van der Waals surface area contributed by atoms with Crippen molar-refractivity contribution in [3.8, 4) is 5.75 Å². The summed E-state index contributed by atoms with van der Waals surface area (Å²) in [6.07, 6.45) is 3.89. The summed E-state index contributed by atoms with van der Waals surface area (Å²) >= 11 is 11.8. The minimum Gasteiger partial charge on any atom is -0.482 e. The predicted octanol–water partition coefficient (Wildman–Crippen LogP) is 5.20. The topological polar surface area (TPSA) is 50.7 Å². The third-order valence-electron chi connectivity index (χ3n) is 4.43. The van der Waals surface area contributed by atoms with Gasteiger partial charge < -0.3 is 4.74 Å². The monoisotopic (exact) mass is 390 g/mol. The molecule has 2 aromatic carbocycles. The zero-order valence-electron chi connectivity index (χ0n) is 14.3. The van der Waals surface area contributed by atoms with Gasteiger partial charge in [0.05, 0.1) is 5.02 Å². The number of rotatable bonds is 5. The first-order chi connectivity index (χ1) is 12.6. The molecule has 0 bridgehead atoms. The van der Waals surface area contributed by atoms with Crippen LogP contribution in [0.25, 0.3) is 0 Å². The molecule has 4 nitrogen and oxygen atoms in total. The number of halogens is 2. The number of carbonyl (C=O) groups is 1. The van der Waals surface area contributed by atoms with Gasteiger partial charge in [-0.1, -0.05) is 53.5 Å². The lowest BCUT2D eigenvalue weighted by molar-refractivity contribution is -0.123. The largest absolute Gasteiger partial charge is 0.482 e. The van der Waals surface area contributed by atoms with Crippen LogP contribution in [0.15, 0.2) is 53.6 Å². The van der Waals surface area contributed by atoms with Gasteiger partial charge in [0.15, 0.2) is 6.61 Å². The van der Waals surface area contributed by atoms with Crippen LogP contribution in [0.3, 0.4) is 0 Å². The minimum absolute atomic E-state index is 0.148. The lowest BCUT2D eigenvalue weighted by atomic mass is 9.83. The molecule has 0 heterocycles. The molecule has 1 aliphatic carbocycles. The second-order valence-corrected chi connectivity index (χ2v) is 7.11. The van der Waals surface area contributed by atoms with Crippen LogP contribution >= 0.6 is 23.2 Å². The van der Waals surface area contributed by atoms with Gasteiger partial charge in [-0.05, 0) is 55.4 Å². The molecule has 0 aliphatic heterocycles. The highest BCUT2D eigenvalue weighted by Crippen LogP contribution is 2.31. The Morgan fingerprint density at radius 3 is 2.54 bits per heavy atom. The Morgan fingerprint density at radius 1 is 1.12 bits per heavy atom. The van der Waals surface area contributed by atoms with Crippen molar-refractivity contribution in [2.45, 2.75) is 31.6 Å². The summed E-state index contributed by atoms with van der Waals surface area (Å²) < 4.78 is 5.40. The van der Waals surface area contributed by atoms with Crippen LogP contribution in [0.4, 0.5) is 0 Å². The van der Waals surface area contributed by atoms with Crippen molar-refractivity contribution < 1.29 is 9.53 Å². The fraction of sp³-hybridized carbons (Fsp3) is 0.300. The normalized spacial score (nSPS) is 16.8. The quantitative estimate of drug-likeness (QED) is 0.712. The Balaban J connectivity index is 1.44. The third kappa shape index (κ3) is 5.23. The predicted molar refractivity (Wildman–Crippen MR) is 105 cm³/mol. The van der Waals surface area contributed by atoms with E-state index in [1.165, 1.54) is 5.56 Å². The van der Waals surface area contributed by atoms with Crippen LogP contribution < -0.4 is 10.2 Å². The number of amides is 1. The van der Waals surface area contributed by atoms with Gasteiger partial charge in [-0.2, -0.15) is 5.10 Å². The van der Waals surface area contributed by atoms with Gasteiger partial charge in [0, 0.05) is 10.7 Å². The summed E-state index contributed by atoms with van der Waals surface area (Å²) in [6, 6.07) is 15.4. The van der Waals surface area contributed by atoms with E-state index in [1.807, 2.05) is 6.07 Å². The number of hydrazone groups is 1. The Hall–Kier alpha value is -2.04. The zero-order chi connectivity index (χ0) is 18.4. The van der Waals surface area contributed by atoms with Crippen LogP contribution in [-0.2, 0) is 4.79 Å². The zero-order valence-corrected chi connectivity index (χ0v) is 15.8. The van der Waals surface area contributed by atoms with Crippen molar-refractivity contribution in [1.29, 1.82) is 0 Å². The molecule has 2 aromatic rings. The molecule has 1 aliphatic rings. The molecule has 0 spiro atoms. The summed E-state index contributed by atoms with van der Waals surface area (Å²) in [5.74, 6) is 0.678. The van der Waals surface area contributed by atoms with Gasteiger partial charge in [0.1, 0.15) is 5.75 Å². The van der Waals surface area contributed by atoms with Gasteiger partial charge in [0.2, 0.25) is 0 Å². The van der Waals surface area contributed by atoms with E-state index in [-0.39, 0.29) is 12.5 Å². The maximum absolute atomic E-state index is 11.9. The fourth-order valence-electron chi connectivity index (χ4n) is 3.03. The molecule has 0 aromatic heterocycles. The molecule has 1 N–H and O–H groups in total. The van der Waals surface area contributed by atoms with Crippen LogP contribution in [0.2, 0.25) is 10.0 Å². The van der Waals surface area contributed by atoms with Crippen molar-refractivity contribution >= 4 is 34.8 Å². The second-order valence-electron chi connectivity index (χ2n) is 6.26. The van der Waals surface area contributed by atoms with E-state index in [1.54, 1.807) is 18.2 Å². The first-order valence-electron chi connectivity index (χ1n) is 8.59. The van der Waals surface area contributed by atoms with Crippen LogP contribution in [0.1, 0.15) is 37.2 Å². The summed E-state index contributed by atoms with van der Waals surface area (Å²) in [5, 5.41) is 5.13. The van der Waals surface area contributed by atoms with Crippen molar-refractivity contribution in [3.63, 3.8) is 0 Å². The molecular formula is C20H20Cl2N2O2. The lowest BCUT2D eigenvalue weighted by Crippen LogP contribution is -2.26. The first kappa shape index (κ1) is 18.7. The van der Waals surface area contributed by atoms with Gasteiger partial charge in [0.25, 0.3) is 5.91 Å². The van der Waals surface area contributed by atoms with E-state index in [0.29, 0.717) is 21.7 Å². The van der Waals surface area contributed by atoms with Gasteiger partial charge in [-0.25, -0.2) is 5.43 Å². The number of hydrogen-bond donors (Lipinski definition) is 1. The fourth-order valence-corrected chi connectivity index (χ4v) is 3.49. The van der Waals surface area contributed by atoms with Gasteiger partial charge in [-0.3, -0.25) is 4.79 Å². The van der Waals surface area contributed by atoms with Crippen molar-refractivity contribution in [2.24, 2.45) is 5.10 Å². The smallest absolute Gasteiger partial charge is 0.277 e. The maximum Gasteiger partial charge on any atom is 0.277 e. The SMILES string of the molecule is O=C(COc1ccc(Cl)cc1Cl)NN=C1CCC(c2ccccc2)CC1. The van der Waals surface area contributed by atoms with E-state index in [0.717, 1.165) is 31.4 Å². The molecule has 1 fully saturated rings. The van der Waals surface area contributed by atoms with E-state index >= 15 is 0 Å². The summed E-state index contributed by atoms with van der Waals surface area (Å²) in [6.45, 7) is -0.148. The van der Waals surface area contributed by atoms with Crippen LogP contribution in [0.5, 0.6) is 5.75 Å². The average molecular weight is 391 g/mol. The maximum atomic E-state index is 11.9. The number of carbonyl (C=O) groups excluding carboxylic acids is 1. The van der Waals surface area contributed by atoms with E-state index < -0.39 is 0 Å². The molecule has 0 unspecified atom stereocenters. The van der Waals surface area contributed by atoms with Crippen molar-refractivity contribution in [1.82, 2.24) is 5.43 Å². The first-order valence-corrected chi connectivity index (χ1v) is 9.34. The molecule has 1 amide bonds. The number of nitrogens with zero attached hydrogens (tertiary/aromatic N) is 1. The summed E-state index contributed by atoms with van der Waals surface area (Å²) in [7, 11) is 0. The van der Waals surface area contributed by atoms with E-state index in [2.05, 4.69) is 34.8 Å². The third-order valence-corrected chi connectivity index (χ3v) is 4.96. The van der Waals surface area contributed by atoms with E-state index in [4.69, 9.17) is 27.9 Å². The van der Waals surface area contributed by atoms with Gasteiger partial charge >= 0.3 is 0 Å². The van der Waals surface area contributed by atoms with Crippen molar-refractivity contribution in [2.75, 3.05) is 6.61 Å². The standard InChI is InChI=1S/C20H20Cl2N2O2/c21-16-8-11-19(18(22)12-16)26-13-20(25)24-23-17-9-6-15(7-10-17)14-4-2-1-3-5-14/h1-5,8,11-12,15H,6-7,9-10,13H2,(H,24,25). The Bertz CT molecular complexity index is 784. The molecule has 136 valence electrons. The molecule has 1 saturated carbocycles. The average Bonchev–Trinajstić information content (AvgIpc) is 2.67. The second kappa shape index (κ2) is 9.06. The highest BCUT2D eigenvalue weighted by molar-refractivity contribution is 6.35. The molecule has 0 atom stereocenters. The van der Waals surface area contributed by atoms with Crippen molar-refractivity contribution in [3.05, 3.63) is 64.1 Å². The Kier molecular flexibility index (Phi) is 6.53. The van der Waals surface area contributed by atoms with E-state index in [9.17, 15) is 4.79 Å². The lowest BCUT2D eigenvalue weighted by Gasteiger charge is -2.23. The number of benzene rings is 2. The molecule has 6 heteroatoms. The number of ether oxygens (including phenoxy) is 1. The summed E-state index contributed by atoms with van der Waals surface area (Å²) in [4.78, 5) is 11.9. The molecule has 3 rings (SSSR count). The molecule has 0 saturated heterocycles. The summed E-state index contributed by atoms with van der Waals surface area (Å²) in [5.41, 5.74) is 4.96. The number of hydrogen-bond acceptors (Lipinski definition) is 3. The minimum atomic E-state index is -0.311. The highest BCUT2D eigenvalue weighted by atomic mass is 35.5. The Labute approximate surface area is 163 Å². The van der Waals surface area contributed by atoms with Crippen LogP contribution in [0, 0.1) is 0 Å². The molecule has 0 radical (unpaired) electrons. The molecular weight excluding hydrogens is 371 g/mol. The van der Waals surface area contributed by atoms with Gasteiger partial charge in [-0.15, -0.1) is 0 Å². The highest BCUT2D eigenvalue weighted by Gasteiger charge is 2.19. The van der Waals surface area contributed by atoms with Crippen LogP contribution in [-0.4, -0.2) is 18.2 Å².